The molecule has 1 aromatic rings. The molecular weight excluding hydrogens is 244 g/mol. The van der Waals surface area contributed by atoms with Gasteiger partial charge in [0.1, 0.15) is 11.8 Å². The Morgan fingerprint density at radius 2 is 1.95 bits per heavy atom. The highest BCUT2D eigenvalue weighted by molar-refractivity contribution is 5.92. The number of aliphatic hydroxyl groups is 2. The van der Waals surface area contributed by atoms with Crippen LogP contribution in [0.25, 0.3) is 0 Å². The summed E-state index contributed by atoms with van der Waals surface area (Å²) in [6.07, 6.45) is 2.90. The second kappa shape index (κ2) is 6.12. The highest BCUT2D eigenvalue weighted by atomic mass is 16.3. The molecule has 0 aliphatic carbocycles. The van der Waals surface area contributed by atoms with Gasteiger partial charge in [-0.05, 0) is 32.3 Å². The maximum atomic E-state index is 12.2. The van der Waals surface area contributed by atoms with Crippen LogP contribution in [0.1, 0.15) is 48.3 Å². The van der Waals surface area contributed by atoms with Gasteiger partial charge in [-0.3, -0.25) is 9.78 Å². The Morgan fingerprint density at radius 1 is 1.26 bits per heavy atom. The van der Waals surface area contributed by atoms with E-state index in [1.54, 1.807) is 12.1 Å². The van der Waals surface area contributed by atoms with Gasteiger partial charge in [0.25, 0.3) is 5.91 Å². The number of hydrogen-bond donors (Lipinski definition) is 2. The molecule has 0 radical (unpaired) electrons. The summed E-state index contributed by atoms with van der Waals surface area (Å²) in [4.78, 5) is 18.1. The summed E-state index contributed by atoms with van der Waals surface area (Å²) >= 11 is 0. The van der Waals surface area contributed by atoms with Crippen LogP contribution in [-0.2, 0) is 0 Å². The van der Waals surface area contributed by atoms with Crippen LogP contribution in [-0.4, -0.2) is 45.2 Å². The zero-order chi connectivity index (χ0) is 13.8. The van der Waals surface area contributed by atoms with E-state index >= 15 is 0 Å². The zero-order valence-electron chi connectivity index (χ0n) is 11.1. The number of nitrogens with zero attached hydrogens (tertiary/aromatic N) is 2. The molecule has 0 bridgehead atoms. The molecule has 1 aromatic heterocycles. The second-order valence-electron chi connectivity index (χ2n) is 5.02. The van der Waals surface area contributed by atoms with Crippen LogP contribution >= 0.6 is 0 Å². The number of likely N-dealkylation sites (tertiary alicyclic amines) is 1. The quantitative estimate of drug-likeness (QED) is 0.858. The van der Waals surface area contributed by atoms with E-state index in [1.807, 2.05) is 4.90 Å². The Hall–Kier alpha value is -1.46. The average Bonchev–Trinajstić information content (AvgIpc) is 2.46. The van der Waals surface area contributed by atoms with Gasteiger partial charge < -0.3 is 15.1 Å². The number of carbonyl (C=O) groups excluding carboxylic acids is 1. The molecule has 2 atom stereocenters. The van der Waals surface area contributed by atoms with Crippen LogP contribution in [0.15, 0.2) is 18.3 Å². The van der Waals surface area contributed by atoms with Crippen molar-refractivity contribution in [3.8, 4) is 0 Å². The first-order chi connectivity index (χ1) is 9.09. The van der Waals surface area contributed by atoms with Gasteiger partial charge in [-0.1, -0.05) is 6.07 Å². The molecule has 1 aliphatic heterocycles. The largest absolute Gasteiger partial charge is 0.390 e. The van der Waals surface area contributed by atoms with E-state index in [0.29, 0.717) is 11.3 Å². The molecule has 2 rings (SSSR count). The van der Waals surface area contributed by atoms with Crippen molar-refractivity contribution in [3.05, 3.63) is 29.6 Å². The van der Waals surface area contributed by atoms with E-state index in [9.17, 15) is 15.0 Å². The highest BCUT2D eigenvalue weighted by Crippen LogP contribution is 2.17. The summed E-state index contributed by atoms with van der Waals surface area (Å²) in [7, 11) is 0. The molecule has 2 N–H and O–H groups in total. The third-order valence-electron chi connectivity index (χ3n) is 3.45. The van der Waals surface area contributed by atoms with Crippen molar-refractivity contribution >= 4 is 5.91 Å². The van der Waals surface area contributed by atoms with Gasteiger partial charge in [-0.2, -0.15) is 0 Å². The molecule has 0 saturated carbocycles. The Labute approximate surface area is 112 Å². The van der Waals surface area contributed by atoms with Crippen molar-refractivity contribution < 1.29 is 15.0 Å². The summed E-state index contributed by atoms with van der Waals surface area (Å²) in [6.45, 7) is 3.09. The van der Waals surface area contributed by atoms with E-state index in [0.717, 1.165) is 25.9 Å². The molecular formula is C14H20N2O3. The first kappa shape index (κ1) is 14.0. The van der Waals surface area contributed by atoms with Crippen LogP contribution in [0.3, 0.4) is 0 Å². The summed E-state index contributed by atoms with van der Waals surface area (Å²) in [5, 5.41) is 19.0. The summed E-state index contributed by atoms with van der Waals surface area (Å²) in [5.74, 6) is -0.0576. The number of carbonyl (C=O) groups is 1. The van der Waals surface area contributed by atoms with Crippen molar-refractivity contribution in [1.82, 2.24) is 9.88 Å². The minimum atomic E-state index is -0.966. The standard InChI is InChI=1S/C14H20N2O3/c1-10(17)13(18)11-5-6-12(15-9-11)14(19)16-7-3-2-4-8-16/h5-6,9-10,13,17-18H,2-4,7-8H2,1H3/t10-,13+/m0/s1. The Bertz CT molecular complexity index is 425. The molecule has 19 heavy (non-hydrogen) atoms. The van der Waals surface area contributed by atoms with Gasteiger partial charge in [-0.15, -0.1) is 0 Å². The molecule has 5 heteroatoms. The van der Waals surface area contributed by atoms with E-state index < -0.39 is 12.2 Å². The molecule has 1 fully saturated rings. The van der Waals surface area contributed by atoms with Gasteiger partial charge in [-0.25, -0.2) is 0 Å². The van der Waals surface area contributed by atoms with Crippen molar-refractivity contribution in [2.24, 2.45) is 0 Å². The first-order valence-corrected chi connectivity index (χ1v) is 6.71. The van der Waals surface area contributed by atoms with Crippen LogP contribution in [0.4, 0.5) is 0 Å². The van der Waals surface area contributed by atoms with E-state index in [1.165, 1.54) is 19.5 Å². The molecule has 1 amide bonds. The van der Waals surface area contributed by atoms with E-state index in [4.69, 9.17) is 0 Å². The van der Waals surface area contributed by atoms with E-state index in [2.05, 4.69) is 4.98 Å². The lowest BCUT2D eigenvalue weighted by Gasteiger charge is -2.26. The highest BCUT2D eigenvalue weighted by Gasteiger charge is 2.20. The Kier molecular flexibility index (Phi) is 4.50. The zero-order valence-corrected chi connectivity index (χ0v) is 11.1. The van der Waals surface area contributed by atoms with Crippen LogP contribution in [0, 0.1) is 0 Å². The molecule has 5 nitrogen and oxygen atoms in total. The second-order valence-corrected chi connectivity index (χ2v) is 5.02. The summed E-state index contributed by atoms with van der Waals surface area (Å²) in [6, 6.07) is 3.25. The number of hydrogen-bond acceptors (Lipinski definition) is 4. The Balaban J connectivity index is 2.07. The number of pyridine rings is 1. The monoisotopic (exact) mass is 264 g/mol. The van der Waals surface area contributed by atoms with Crippen molar-refractivity contribution in [3.63, 3.8) is 0 Å². The fraction of sp³-hybridized carbons (Fsp3) is 0.571. The minimum Gasteiger partial charge on any atom is -0.390 e. The molecule has 0 spiro atoms. The third kappa shape index (κ3) is 3.30. The maximum Gasteiger partial charge on any atom is 0.272 e. The number of aromatic nitrogens is 1. The van der Waals surface area contributed by atoms with Gasteiger partial charge in [0.05, 0.1) is 6.10 Å². The number of aliphatic hydroxyl groups excluding tert-OH is 2. The minimum absolute atomic E-state index is 0.0576. The van der Waals surface area contributed by atoms with Crippen LogP contribution < -0.4 is 0 Å². The smallest absolute Gasteiger partial charge is 0.272 e. The topological polar surface area (TPSA) is 73.7 Å². The predicted octanol–water partition coefficient (Wildman–Crippen LogP) is 1.12. The maximum absolute atomic E-state index is 12.2. The molecule has 1 saturated heterocycles. The lowest BCUT2D eigenvalue weighted by Crippen LogP contribution is -2.36. The molecule has 2 heterocycles. The lowest BCUT2D eigenvalue weighted by molar-refractivity contribution is 0.0303. The van der Waals surface area contributed by atoms with Crippen molar-refractivity contribution in [2.75, 3.05) is 13.1 Å². The summed E-state index contributed by atoms with van der Waals surface area (Å²) < 4.78 is 0. The third-order valence-corrected chi connectivity index (χ3v) is 3.45. The normalized spacial score (nSPS) is 19.0. The summed E-state index contributed by atoms with van der Waals surface area (Å²) in [5.41, 5.74) is 0.911. The SMILES string of the molecule is C[C@H](O)[C@@H](O)c1ccc(C(=O)N2CCCCC2)nc1. The molecule has 1 aliphatic rings. The number of amides is 1. The lowest BCUT2D eigenvalue weighted by atomic mass is 10.1. The fourth-order valence-electron chi connectivity index (χ4n) is 2.24. The van der Waals surface area contributed by atoms with Crippen molar-refractivity contribution in [2.45, 2.75) is 38.4 Å². The van der Waals surface area contributed by atoms with Gasteiger partial charge >= 0.3 is 0 Å². The predicted molar refractivity (Wildman–Crippen MR) is 70.6 cm³/mol. The van der Waals surface area contributed by atoms with Gasteiger partial charge in [0, 0.05) is 24.8 Å². The van der Waals surface area contributed by atoms with Gasteiger partial charge in [0.15, 0.2) is 0 Å². The number of rotatable bonds is 3. The van der Waals surface area contributed by atoms with Crippen molar-refractivity contribution in [1.29, 1.82) is 0 Å². The molecule has 0 aromatic carbocycles. The Morgan fingerprint density at radius 3 is 2.47 bits per heavy atom. The number of piperidine rings is 1. The van der Waals surface area contributed by atoms with Crippen LogP contribution in [0.2, 0.25) is 0 Å². The average molecular weight is 264 g/mol. The first-order valence-electron chi connectivity index (χ1n) is 6.71. The van der Waals surface area contributed by atoms with Crippen LogP contribution in [0.5, 0.6) is 0 Å². The molecule has 0 unspecified atom stereocenters. The molecule has 104 valence electrons. The fourth-order valence-corrected chi connectivity index (χ4v) is 2.24. The van der Waals surface area contributed by atoms with E-state index in [-0.39, 0.29) is 5.91 Å². The van der Waals surface area contributed by atoms with Gasteiger partial charge in [0.2, 0.25) is 0 Å².